The van der Waals surface area contributed by atoms with Crippen LogP contribution in [0.1, 0.15) is 33.3 Å². The predicted molar refractivity (Wildman–Crippen MR) is 67.0 cm³/mol. The lowest BCUT2D eigenvalue weighted by Crippen LogP contribution is -2.35. The van der Waals surface area contributed by atoms with Crippen LogP contribution in [-0.2, 0) is 6.42 Å². The molecular formula is C14H21F2N. The first-order valence-corrected chi connectivity index (χ1v) is 5.98. The Hall–Kier alpha value is -0.960. The second kappa shape index (κ2) is 5.58. The van der Waals surface area contributed by atoms with Gasteiger partial charge >= 0.3 is 0 Å². The lowest BCUT2D eigenvalue weighted by Gasteiger charge is -2.26. The van der Waals surface area contributed by atoms with Gasteiger partial charge in [0.15, 0.2) is 0 Å². The first kappa shape index (κ1) is 14.1. The van der Waals surface area contributed by atoms with E-state index in [1.807, 2.05) is 13.8 Å². The predicted octanol–water partition coefficient (Wildman–Crippen LogP) is 3.53. The van der Waals surface area contributed by atoms with Crippen LogP contribution in [0.15, 0.2) is 18.2 Å². The van der Waals surface area contributed by atoms with E-state index in [1.165, 1.54) is 18.2 Å². The van der Waals surface area contributed by atoms with Crippen LogP contribution >= 0.6 is 0 Å². The van der Waals surface area contributed by atoms with Gasteiger partial charge in [-0.1, -0.05) is 33.8 Å². The lowest BCUT2D eigenvalue weighted by molar-refractivity contribution is 0.316. The van der Waals surface area contributed by atoms with E-state index in [1.54, 1.807) is 0 Å². The Morgan fingerprint density at radius 2 is 1.71 bits per heavy atom. The van der Waals surface area contributed by atoms with Gasteiger partial charge in [-0.25, -0.2) is 8.78 Å². The van der Waals surface area contributed by atoms with Crippen molar-refractivity contribution in [2.75, 3.05) is 6.54 Å². The van der Waals surface area contributed by atoms with Crippen LogP contribution in [-0.4, -0.2) is 12.6 Å². The molecule has 0 saturated carbocycles. The minimum Gasteiger partial charge on any atom is -0.314 e. The molecule has 1 nitrogen and oxygen atoms in total. The number of rotatable bonds is 5. The third kappa shape index (κ3) is 4.43. The van der Waals surface area contributed by atoms with Gasteiger partial charge in [0.2, 0.25) is 0 Å². The normalized spacial score (nSPS) is 12.2. The molecule has 0 aliphatic carbocycles. The highest BCUT2D eigenvalue weighted by atomic mass is 19.1. The maximum atomic E-state index is 13.5. The third-order valence-electron chi connectivity index (χ3n) is 2.71. The Labute approximate surface area is 102 Å². The standard InChI is InChI=1S/C14H21F2N/c1-10(2)17-9-14(3,4)8-11-12(15)6-5-7-13(11)16/h5-7,10,17H,8-9H2,1-4H3. The fraction of sp³-hybridized carbons (Fsp3) is 0.571. The van der Waals surface area contributed by atoms with Crippen LogP contribution in [0.5, 0.6) is 0 Å². The van der Waals surface area contributed by atoms with Crippen molar-refractivity contribution in [2.45, 2.75) is 40.2 Å². The monoisotopic (exact) mass is 241 g/mol. The van der Waals surface area contributed by atoms with Gasteiger partial charge in [0, 0.05) is 18.2 Å². The Balaban J connectivity index is 2.75. The van der Waals surface area contributed by atoms with E-state index in [9.17, 15) is 8.78 Å². The summed E-state index contributed by atoms with van der Waals surface area (Å²) in [4.78, 5) is 0. The highest BCUT2D eigenvalue weighted by molar-refractivity contribution is 5.21. The molecule has 0 heterocycles. The molecule has 1 rings (SSSR count). The number of hydrogen-bond acceptors (Lipinski definition) is 1. The van der Waals surface area contributed by atoms with Crippen LogP contribution in [0.25, 0.3) is 0 Å². The molecule has 17 heavy (non-hydrogen) atoms. The van der Waals surface area contributed by atoms with E-state index < -0.39 is 11.6 Å². The van der Waals surface area contributed by atoms with E-state index in [2.05, 4.69) is 19.2 Å². The fourth-order valence-electron chi connectivity index (χ4n) is 1.72. The van der Waals surface area contributed by atoms with E-state index in [-0.39, 0.29) is 11.0 Å². The topological polar surface area (TPSA) is 12.0 Å². The van der Waals surface area contributed by atoms with E-state index in [0.29, 0.717) is 12.5 Å². The van der Waals surface area contributed by atoms with Crippen molar-refractivity contribution in [3.63, 3.8) is 0 Å². The molecule has 0 aromatic heterocycles. The summed E-state index contributed by atoms with van der Waals surface area (Å²) in [6.45, 7) is 8.86. The highest BCUT2D eigenvalue weighted by Gasteiger charge is 2.22. The summed E-state index contributed by atoms with van der Waals surface area (Å²) >= 11 is 0. The average molecular weight is 241 g/mol. The van der Waals surface area contributed by atoms with Gasteiger partial charge in [0.1, 0.15) is 11.6 Å². The summed E-state index contributed by atoms with van der Waals surface area (Å²) < 4.78 is 27.0. The zero-order chi connectivity index (χ0) is 13.1. The molecule has 96 valence electrons. The molecule has 0 fully saturated rings. The summed E-state index contributed by atoms with van der Waals surface area (Å²) in [5, 5.41) is 3.30. The van der Waals surface area contributed by atoms with Crippen molar-refractivity contribution < 1.29 is 8.78 Å². The van der Waals surface area contributed by atoms with Crippen molar-refractivity contribution in [1.29, 1.82) is 0 Å². The van der Waals surface area contributed by atoms with Crippen molar-refractivity contribution in [1.82, 2.24) is 5.32 Å². The van der Waals surface area contributed by atoms with Crippen LogP contribution in [0.4, 0.5) is 8.78 Å². The Kier molecular flexibility index (Phi) is 4.63. The summed E-state index contributed by atoms with van der Waals surface area (Å²) in [6, 6.07) is 4.39. The van der Waals surface area contributed by atoms with Crippen LogP contribution in [0.3, 0.4) is 0 Å². The van der Waals surface area contributed by atoms with E-state index in [4.69, 9.17) is 0 Å². The van der Waals surface area contributed by atoms with Gasteiger partial charge in [-0.05, 0) is 24.0 Å². The minimum atomic E-state index is -0.456. The molecule has 3 heteroatoms. The largest absolute Gasteiger partial charge is 0.314 e. The third-order valence-corrected chi connectivity index (χ3v) is 2.71. The summed E-state index contributed by atoms with van der Waals surface area (Å²) in [5.41, 5.74) is 0.0101. The molecule has 0 spiro atoms. The van der Waals surface area contributed by atoms with Crippen molar-refractivity contribution >= 4 is 0 Å². The quantitative estimate of drug-likeness (QED) is 0.831. The van der Waals surface area contributed by atoms with Crippen LogP contribution < -0.4 is 5.32 Å². The van der Waals surface area contributed by atoms with E-state index >= 15 is 0 Å². The molecule has 0 saturated heterocycles. The number of nitrogens with one attached hydrogen (secondary N) is 1. The summed E-state index contributed by atoms with van der Waals surface area (Å²) in [6.07, 6.45) is 0.394. The zero-order valence-corrected chi connectivity index (χ0v) is 11.0. The van der Waals surface area contributed by atoms with Gasteiger partial charge in [-0.3, -0.25) is 0 Å². The van der Waals surface area contributed by atoms with E-state index in [0.717, 1.165) is 6.54 Å². The Morgan fingerprint density at radius 3 is 2.18 bits per heavy atom. The Morgan fingerprint density at radius 1 is 1.18 bits per heavy atom. The van der Waals surface area contributed by atoms with Crippen molar-refractivity contribution in [2.24, 2.45) is 5.41 Å². The molecular weight excluding hydrogens is 220 g/mol. The molecule has 0 aliphatic rings. The molecule has 0 unspecified atom stereocenters. The molecule has 1 N–H and O–H groups in total. The van der Waals surface area contributed by atoms with Gasteiger partial charge in [0.25, 0.3) is 0 Å². The number of halogens is 2. The number of benzene rings is 1. The van der Waals surface area contributed by atoms with Crippen molar-refractivity contribution in [3.8, 4) is 0 Å². The first-order chi connectivity index (χ1) is 7.82. The minimum absolute atomic E-state index is 0.173. The zero-order valence-electron chi connectivity index (χ0n) is 11.0. The van der Waals surface area contributed by atoms with Gasteiger partial charge in [-0.2, -0.15) is 0 Å². The smallest absolute Gasteiger partial charge is 0.129 e. The summed E-state index contributed by atoms with van der Waals surface area (Å²) in [7, 11) is 0. The second-order valence-corrected chi connectivity index (χ2v) is 5.58. The first-order valence-electron chi connectivity index (χ1n) is 5.98. The average Bonchev–Trinajstić information content (AvgIpc) is 2.21. The molecule has 0 aliphatic heterocycles. The second-order valence-electron chi connectivity index (χ2n) is 5.58. The van der Waals surface area contributed by atoms with Crippen LogP contribution in [0.2, 0.25) is 0 Å². The van der Waals surface area contributed by atoms with Crippen molar-refractivity contribution in [3.05, 3.63) is 35.4 Å². The molecule has 0 bridgehead atoms. The van der Waals surface area contributed by atoms with Gasteiger partial charge in [-0.15, -0.1) is 0 Å². The fourth-order valence-corrected chi connectivity index (χ4v) is 1.72. The highest BCUT2D eigenvalue weighted by Crippen LogP contribution is 2.24. The molecule has 0 amide bonds. The summed E-state index contributed by atoms with van der Waals surface area (Å²) in [5.74, 6) is -0.912. The molecule has 0 radical (unpaired) electrons. The number of hydrogen-bond donors (Lipinski definition) is 1. The maximum Gasteiger partial charge on any atom is 0.129 e. The SMILES string of the molecule is CC(C)NCC(C)(C)Cc1c(F)cccc1F. The maximum absolute atomic E-state index is 13.5. The van der Waals surface area contributed by atoms with Gasteiger partial charge < -0.3 is 5.32 Å². The Bertz CT molecular complexity index is 352. The molecule has 0 atom stereocenters. The van der Waals surface area contributed by atoms with Gasteiger partial charge in [0.05, 0.1) is 0 Å². The van der Waals surface area contributed by atoms with Crippen LogP contribution in [0, 0.1) is 17.0 Å². The molecule has 1 aromatic rings. The molecule has 1 aromatic carbocycles. The lowest BCUT2D eigenvalue weighted by atomic mass is 9.85.